The summed E-state index contributed by atoms with van der Waals surface area (Å²) in [5.41, 5.74) is 0. The second-order valence-corrected chi connectivity index (χ2v) is 9.85. The molecule has 0 amide bonds. The molecular formula is C16H8N8S8. The molecule has 0 N–H and O–H groups in total. The van der Waals surface area contributed by atoms with Gasteiger partial charge in [0.1, 0.15) is 0 Å². The van der Waals surface area contributed by atoms with E-state index in [1.807, 2.05) is 0 Å². The van der Waals surface area contributed by atoms with E-state index in [0.29, 0.717) is 39.2 Å². The maximum Gasteiger partial charge on any atom is 0.171 e. The Bertz CT molecular complexity index is 1200. The molecule has 0 saturated carbocycles. The van der Waals surface area contributed by atoms with Gasteiger partial charge in [-0.25, -0.2) is 39.9 Å². The molecule has 0 radical (unpaired) electrons. The average molecular weight is 569 g/mol. The van der Waals surface area contributed by atoms with Gasteiger partial charge in [-0.3, -0.25) is 0 Å². The van der Waals surface area contributed by atoms with Gasteiger partial charge in [-0.05, 0) is 0 Å². The largest absolute Gasteiger partial charge is 0.207 e. The zero-order valence-corrected chi connectivity index (χ0v) is 22.3. The molecule has 0 spiro atoms. The Kier molecular flexibility index (Phi) is 6.01. The molecule has 0 aliphatic carbocycles. The molecular weight excluding hydrogens is 561 g/mol. The van der Waals surface area contributed by atoms with Gasteiger partial charge >= 0.3 is 0 Å². The molecule has 0 aromatic carbocycles. The van der Waals surface area contributed by atoms with Gasteiger partial charge in [-0.15, -0.1) is 101 Å². The lowest BCUT2D eigenvalue weighted by molar-refractivity contribution is 1.50. The lowest BCUT2D eigenvalue weighted by Gasteiger charge is -1.97. The van der Waals surface area contributed by atoms with Gasteiger partial charge in [0.25, 0.3) is 0 Å². The highest BCUT2D eigenvalue weighted by molar-refractivity contribution is 7.91. The summed E-state index contributed by atoms with van der Waals surface area (Å²) >= 11 is 35.7. The van der Waals surface area contributed by atoms with E-state index in [4.69, 9.17) is 0 Å². The van der Waals surface area contributed by atoms with Crippen LogP contribution in [0.2, 0.25) is 0 Å². The van der Waals surface area contributed by atoms with Crippen molar-refractivity contribution in [2.75, 3.05) is 0 Å². The molecule has 0 saturated heterocycles. The van der Waals surface area contributed by atoms with Gasteiger partial charge in [-0.1, -0.05) is 0 Å². The smallest absolute Gasteiger partial charge is 0.171 e. The van der Waals surface area contributed by atoms with Gasteiger partial charge in [0, 0.05) is 0 Å². The van der Waals surface area contributed by atoms with Crippen LogP contribution < -0.4 is 0 Å². The van der Waals surface area contributed by atoms with Gasteiger partial charge in [0.15, 0.2) is 46.7 Å². The maximum atomic E-state index is 4.47. The van der Waals surface area contributed by atoms with Crippen LogP contribution in [-0.4, -0.2) is 46.7 Å². The minimum atomic E-state index is 0.251. The summed E-state index contributed by atoms with van der Waals surface area (Å²) in [4.78, 5) is 38.7. The summed E-state index contributed by atoms with van der Waals surface area (Å²) in [6, 6.07) is 0. The first kappa shape index (κ1) is 22.9. The number of hydrogen-bond donors (Lipinski definition) is 8. The SMILES string of the molecule is SC1=C(S)/C2=N/C3=NC(=N\C4=NC(=N\C5=NC(=N\C1=N2)/C(S)=C5S)/C(S)=C4S)/C(S)=C3S. The monoisotopic (exact) mass is 568 g/mol. The van der Waals surface area contributed by atoms with Crippen molar-refractivity contribution >= 4 is 148 Å². The van der Waals surface area contributed by atoms with Crippen LogP contribution in [-0.2, 0) is 0 Å². The summed E-state index contributed by atoms with van der Waals surface area (Å²) in [5.74, 6) is 2.01. The molecule has 5 aliphatic heterocycles. The molecule has 8 bridgehead atoms. The average Bonchev–Trinajstić information content (AvgIpc) is 3.37. The standard InChI is InChI=1S/C16H8N8S8/c25-1-2(26)10-17-9(1)21-11-3(27)4(28)13(18-11)23-15-7(31)8(32)16(20-15)24-14-6(30)5(29)12(19-14)22-10/h25-32H/b21-9-,21-11?,22-10?,22-12-,23-13-,23-15?,24-14?,24-16-. The highest BCUT2D eigenvalue weighted by Crippen LogP contribution is 2.33. The Balaban J connectivity index is 1.79. The van der Waals surface area contributed by atoms with Gasteiger partial charge < -0.3 is 0 Å². The van der Waals surface area contributed by atoms with E-state index in [-0.39, 0.29) is 46.7 Å². The van der Waals surface area contributed by atoms with Gasteiger partial charge in [0.2, 0.25) is 0 Å². The van der Waals surface area contributed by atoms with Crippen molar-refractivity contribution in [3.8, 4) is 0 Å². The zero-order valence-electron chi connectivity index (χ0n) is 15.2. The molecule has 32 heavy (non-hydrogen) atoms. The van der Waals surface area contributed by atoms with Crippen LogP contribution in [0.15, 0.2) is 79.2 Å². The minimum Gasteiger partial charge on any atom is -0.207 e. The molecule has 0 aromatic rings. The van der Waals surface area contributed by atoms with Crippen LogP contribution in [0, 0.1) is 0 Å². The Morgan fingerprint density at radius 1 is 0.219 bits per heavy atom. The number of rotatable bonds is 0. The number of fused-ring (bicyclic) bond motifs is 4. The summed E-state index contributed by atoms with van der Waals surface area (Å²) in [7, 11) is 0. The topological polar surface area (TPSA) is 98.9 Å². The van der Waals surface area contributed by atoms with Crippen LogP contribution in [0.3, 0.4) is 0 Å². The molecule has 0 aromatic heterocycles. The molecule has 5 heterocycles. The minimum absolute atomic E-state index is 0.251. The third kappa shape index (κ3) is 3.68. The molecule has 16 heteroatoms. The molecule has 8 nitrogen and oxygen atoms in total. The van der Waals surface area contributed by atoms with Crippen LogP contribution in [0.4, 0.5) is 0 Å². The Morgan fingerprint density at radius 2 is 0.312 bits per heavy atom. The van der Waals surface area contributed by atoms with Crippen molar-refractivity contribution in [1.82, 2.24) is 0 Å². The third-order valence-corrected chi connectivity index (χ3v) is 8.38. The van der Waals surface area contributed by atoms with E-state index in [9.17, 15) is 0 Å². The first-order valence-electron chi connectivity index (χ1n) is 8.37. The summed E-state index contributed by atoms with van der Waals surface area (Å²) in [6.07, 6.45) is 0. The van der Waals surface area contributed by atoms with E-state index in [0.717, 1.165) is 0 Å². The summed E-state index contributed by atoms with van der Waals surface area (Å²) in [6.45, 7) is 0. The number of hydrogen-bond acceptors (Lipinski definition) is 16. The first-order chi connectivity index (χ1) is 15.2. The second-order valence-electron chi connectivity index (χ2n) is 6.27. The third-order valence-electron chi connectivity index (χ3n) is 4.29. The quantitative estimate of drug-likeness (QED) is 0.205. The predicted octanol–water partition coefficient (Wildman–Crippen LogP) is 3.53. The van der Waals surface area contributed by atoms with E-state index in [2.05, 4.69) is 141 Å². The van der Waals surface area contributed by atoms with E-state index < -0.39 is 0 Å². The van der Waals surface area contributed by atoms with Crippen molar-refractivity contribution < 1.29 is 0 Å². The van der Waals surface area contributed by atoms with Crippen LogP contribution in [0.25, 0.3) is 0 Å². The number of nitrogens with zero attached hydrogens (tertiary/aromatic N) is 8. The highest BCUT2D eigenvalue weighted by atomic mass is 32.1. The van der Waals surface area contributed by atoms with Crippen molar-refractivity contribution in [3.63, 3.8) is 0 Å². The van der Waals surface area contributed by atoms with Crippen LogP contribution >= 0.6 is 101 Å². The van der Waals surface area contributed by atoms with E-state index in [1.54, 1.807) is 0 Å². The van der Waals surface area contributed by atoms with Crippen molar-refractivity contribution in [3.05, 3.63) is 39.2 Å². The number of aliphatic imine (C=N–C) groups is 8. The highest BCUT2D eigenvalue weighted by Gasteiger charge is 2.30. The van der Waals surface area contributed by atoms with Crippen molar-refractivity contribution in [2.45, 2.75) is 0 Å². The fourth-order valence-electron chi connectivity index (χ4n) is 2.70. The zero-order chi connectivity index (χ0) is 22.9. The van der Waals surface area contributed by atoms with Crippen LogP contribution in [0.5, 0.6) is 0 Å². The van der Waals surface area contributed by atoms with Crippen molar-refractivity contribution in [2.24, 2.45) is 39.9 Å². The van der Waals surface area contributed by atoms with E-state index in [1.165, 1.54) is 0 Å². The predicted molar refractivity (Wildman–Crippen MR) is 159 cm³/mol. The molecule has 160 valence electrons. The first-order valence-corrected chi connectivity index (χ1v) is 11.9. The normalized spacial score (nSPS) is 29.2. The Labute approximate surface area is 225 Å². The number of amidine groups is 8. The summed E-state index contributed by atoms with van der Waals surface area (Å²) < 4.78 is 0. The number of thiol groups is 8. The van der Waals surface area contributed by atoms with Crippen molar-refractivity contribution in [1.29, 1.82) is 0 Å². The van der Waals surface area contributed by atoms with Gasteiger partial charge in [0.05, 0.1) is 39.2 Å². The van der Waals surface area contributed by atoms with Crippen LogP contribution in [0.1, 0.15) is 0 Å². The molecule has 0 fully saturated rings. The Morgan fingerprint density at radius 3 is 0.406 bits per heavy atom. The molecule has 5 aliphatic rings. The molecule has 5 rings (SSSR count). The van der Waals surface area contributed by atoms with E-state index >= 15 is 0 Å². The second kappa shape index (κ2) is 8.41. The van der Waals surface area contributed by atoms with Gasteiger partial charge in [-0.2, -0.15) is 0 Å². The fourth-order valence-corrected chi connectivity index (χ4v) is 4.30. The molecule has 0 unspecified atom stereocenters. The molecule has 0 atom stereocenters. The lowest BCUT2D eigenvalue weighted by atomic mass is 10.4. The Hall–Kier alpha value is -0.880. The lowest BCUT2D eigenvalue weighted by Crippen LogP contribution is -2.01. The fraction of sp³-hybridized carbons (Fsp3) is 0. The summed E-state index contributed by atoms with van der Waals surface area (Å²) in [5, 5.41) is 0. The maximum absolute atomic E-state index is 4.47.